The number of carbonyl (C=O) groups is 1. The standard InChI is InChI=1S/C23H23FN2O/c1-16-8-13-21(14-17(16)2)26-22(27)23(25,19-6-4-3-5-7-19)15-18-9-11-20(24)12-10-18/h3-14H,15,25H2,1-2H3,(H,26,27)/t23-/m0/s1. The van der Waals surface area contributed by atoms with E-state index in [4.69, 9.17) is 5.73 Å². The quantitative estimate of drug-likeness (QED) is 0.703. The zero-order valence-corrected chi connectivity index (χ0v) is 15.5. The fourth-order valence-corrected chi connectivity index (χ4v) is 3.04. The molecule has 0 fully saturated rings. The molecule has 0 aliphatic heterocycles. The van der Waals surface area contributed by atoms with Gasteiger partial charge < -0.3 is 11.1 Å². The van der Waals surface area contributed by atoms with E-state index in [1.165, 1.54) is 12.1 Å². The van der Waals surface area contributed by atoms with Crippen LogP contribution in [0.3, 0.4) is 0 Å². The van der Waals surface area contributed by atoms with Crippen molar-refractivity contribution in [1.82, 2.24) is 0 Å². The Hall–Kier alpha value is -2.98. The van der Waals surface area contributed by atoms with Crippen molar-refractivity contribution in [2.24, 2.45) is 5.73 Å². The molecule has 3 aromatic carbocycles. The van der Waals surface area contributed by atoms with Gasteiger partial charge in [-0.2, -0.15) is 0 Å². The molecule has 0 spiro atoms. The van der Waals surface area contributed by atoms with E-state index in [9.17, 15) is 9.18 Å². The van der Waals surface area contributed by atoms with Crippen LogP contribution in [0.5, 0.6) is 0 Å². The van der Waals surface area contributed by atoms with Gasteiger partial charge in [-0.15, -0.1) is 0 Å². The lowest BCUT2D eigenvalue weighted by molar-refractivity contribution is -0.121. The van der Waals surface area contributed by atoms with Crippen LogP contribution >= 0.6 is 0 Å². The number of halogens is 1. The van der Waals surface area contributed by atoms with E-state index in [0.717, 1.165) is 16.7 Å². The molecule has 3 nitrogen and oxygen atoms in total. The van der Waals surface area contributed by atoms with Gasteiger partial charge in [0.15, 0.2) is 0 Å². The van der Waals surface area contributed by atoms with Gasteiger partial charge in [0.05, 0.1) is 0 Å². The molecular weight excluding hydrogens is 339 g/mol. The highest BCUT2D eigenvalue weighted by molar-refractivity contribution is 5.99. The van der Waals surface area contributed by atoms with Gasteiger partial charge in [-0.1, -0.05) is 48.5 Å². The van der Waals surface area contributed by atoms with Crippen molar-refractivity contribution in [2.75, 3.05) is 5.32 Å². The van der Waals surface area contributed by atoms with Crippen molar-refractivity contribution in [1.29, 1.82) is 0 Å². The summed E-state index contributed by atoms with van der Waals surface area (Å²) in [5.74, 6) is -0.623. The second-order valence-electron chi connectivity index (χ2n) is 6.89. The Morgan fingerprint density at radius 3 is 2.26 bits per heavy atom. The van der Waals surface area contributed by atoms with Crippen LogP contribution in [0.25, 0.3) is 0 Å². The van der Waals surface area contributed by atoms with Crippen molar-refractivity contribution in [3.8, 4) is 0 Å². The first kappa shape index (κ1) is 18.8. The Kier molecular flexibility index (Phi) is 5.38. The number of hydrogen-bond acceptors (Lipinski definition) is 2. The summed E-state index contributed by atoms with van der Waals surface area (Å²) in [6, 6.07) is 21.1. The average molecular weight is 362 g/mol. The molecule has 3 N–H and O–H groups in total. The van der Waals surface area contributed by atoms with E-state index in [0.29, 0.717) is 11.3 Å². The molecular formula is C23H23FN2O. The summed E-state index contributed by atoms with van der Waals surface area (Å²) < 4.78 is 13.2. The Morgan fingerprint density at radius 1 is 0.963 bits per heavy atom. The molecule has 1 amide bonds. The van der Waals surface area contributed by atoms with Crippen LogP contribution in [0.4, 0.5) is 10.1 Å². The monoisotopic (exact) mass is 362 g/mol. The van der Waals surface area contributed by atoms with Gasteiger partial charge in [0.25, 0.3) is 0 Å². The van der Waals surface area contributed by atoms with E-state index in [1.54, 1.807) is 12.1 Å². The first-order valence-corrected chi connectivity index (χ1v) is 8.86. The normalized spacial score (nSPS) is 13.0. The Morgan fingerprint density at radius 2 is 1.63 bits per heavy atom. The number of aryl methyl sites for hydroxylation is 2. The smallest absolute Gasteiger partial charge is 0.249 e. The zero-order valence-electron chi connectivity index (χ0n) is 15.5. The molecule has 0 radical (unpaired) electrons. The fraction of sp³-hybridized carbons (Fsp3) is 0.174. The van der Waals surface area contributed by atoms with Crippen LogP contribution in [0.2, 0.25) is 0 Å². The third kappa shape index (κ3) is 4.23. The van der Waals surface area contributed by atoms with Gasteiger partial charge in [0.2, 0.25) is 5.91 Å². The maximum absolute atomic E-state index is 13.2. The lowest BCUT2D eigenvalue weighted by atomic mass is 9.83. The molecule has 4 heteroatoms. The summed E-state index contributed by atoms with van der Waals surface area (Å²) >= 11 is 0. The molecule has 27 heavy (non-hydrogen) atoms. The first-order chi connectivity index (χ1) is 12.9. The number of rotatable bonds is 5. The van der Waals surface area contributed by atoms with Gasteiger partial charge in [-0.3, -0.25) is 4.79 Å². The second kappa shape index (κ2) is 7.72. The highest BCUT2D eigenvalue weighted by Crippen LogP contribution is 2.26. The van der Waals surface area contributed by atoms with Crippen LogP contribution in [-0.2, 0) is 16.8 Å². The van der Waals surface area contributed by atoms with Gasteiger partial charge in [0, 0.05) is 12.1 Å². The lowest BCUT2D eigenvalue weighted by Gasteiger charge is -2.29. The number of carbonyl (C=O) groups excluding carboxylic acids is 1. The number of benzene rings is 3. The highest BCUT2D eigenvalue weighted by Gasteiger charge is 2.36. The van der Waals surface area contributed by atoms with Crippen LogP contribution < -0.4 is 11.1 Å². The van der Waals surface area contributed by atoms with Crippen molar-refractivity contribution >= 4 is 11.6 Å². The predicted octanol–water partition coefficient (Wildman–Crippen LogP) is 4.48. The summed E-state index contributed by atoms with van der Waals surface area (Å²) in [6.07, 6.45) is 0.258. The van der Waals surface area contributed by atoms with Crippen LogP contribution in [0, 0.1) is 19.7 Å². The Labute approximate surface area is 159 Å². The average Bonchev–Trinajstić information content (AvgIpc) is 2.67. The maximum Gasteiger partial charge on any atom is 0.249 e. The molecule has 0 bridgehead atoms. The van der Waals surface area contributed by atoms with Crippen molar-refractivity contribution < 1.29 is 9.18 Å². The second-order valence-corrected chi connectivity index (χ2v) is 6.89. The van der Waals surface area contributed by atoms with Crippen molar-refractivity contribution in [2.45, 2.75) is 25.8 Å². The van der Waals surface area contributed by atoms with Gasteiger partial charge in [0.1, 0.15) is 11.4 Å². The SMILES string of the molecule is Cc1ccc(NC(=O)[C@](N)(Cc2ccc(F)cc2)c2ccccc2)cc1C. The minimum absolute atomic E-state index is 0.258. The molecule has 0 aliphatic carbocycles. The minimum atomic E-state index is -1.28. The molecule has 0 unspecified atom stereocenters. The number of nitrogens with two attached hydrogens (primary N) is 1. The lowest BCUT2D eigenvalue weighted by Crippen LogP contribution is -2.50. The van der Waals surface area contributed by atoms with E-state index in [1.807, 2.05) is 62.4 Å². The molecule has 0 aliphatic rings. The van der Waals surface area contributed by atoms with Gasteiger partial charge >= 0.3 is 0 Å². The summed E-state index contributed by atoms with van der Waals surface area (Å²) in [4.78, 5) is 13.2. The molecule has 0 saturated heterocycles. The van der Waals surface area contributed by atoms with E-state index in [2.05, 4.69) is 5.32 Å². The van der Waals surface area contributed by atoms with E-state index < -0.39 is 5.54 Å². The number of nitrogens with one attached hydrogen (secondary N) is 1. The number of amides is 1. The Balaban J connectivity index is 1.94. The molecule has 0 heterocycles. The van der Waals surface area contributed by atoms with Crippen LogP contribution in [0.15, 0.2) is 72.8 Å². The molecule has 0 saturated carbocycles. The molecule has 3 aromatic rings. The molecule has 1 atom stereocenters. The summed E-state index contributed by atoms with van der Waals surface area (Å²) in [5.41, 5.74) is 9.80. The first-order valence-electron chi connectivity index (χ1n) is 8.86. The summed E-state index contributed by atoms with van der Waals surface area (Å²) in [7, 11) is 0. The number of anilines is 1. The molecule has 3 rings (SSSR count). The van der Waals surface area contributed by atoms with Crippen molar-refractivity contribution in [3.05, 3.63) is 101 Å². The third-order valence-electron chi connectivity index (χ3n) is 4.86. The molecule has 138 valence electrons. The van der Waals surface area contributed by atoms with Crippen LogP contribution in [-0.4, -0.2) is 5.91 Å². The van der Waals surface area contributed by atoms with Gasteiger partial charge in [-0.05, 0) is 60.4 Å². The van der Waals surface area contributed by atoms with E-state index >= 15 is 0 Å². The Bertz CT molecular complexity index is 938. The third-order valence-corrected chi connectivity index (χ3v) is 4.86. The minimum Gasteiger partial charge on any atom is -0.324 e. The highest BCUT2D eigenvalue weighted by atomic mass is 19.1. The van der Waals surface area contributed by atoms with Gasteiger partial charge in [-0.25, -0.2) is 4.39 Å². The summed E-state index contributed by atoms with van der Waals surface area (Å²) in [6.45, 7) is 4.02. The summed E-state index contributed by atoms with van der Waals surface area (Å²) in [5, 5.41) is 2.94. The maximum atomic E-state index is 13.2. The van der Waals surface area contributed by atoms with Crippen molar-refractivity contribution in [3.63, 3.8) is 0 Å². The largest absolute Gasteiger partial charge is 0.324 e. The molecule has 0 aromatic heterocycles. The number of hydrogen-bond donors (Lipinski definition) is 2. The zero-order chi connectivity index (χ0) is 19.4. The van der Waals surface area contributed by atoms with E-state index in [-0.39, 0.29) is 18.1 Å². The predicted molar refractivity (Wildman–Crippen MR) is 107 cm³/mol. The van der Waals surface area contributed by atoms with Crippen LogP contribution in [0.1, 0.15) is 22.3 Å². The topological polar surface area (TPSA) is 55.1 Å². The fourth-order valence-electron chi connectivity index (χ4n) is 3.04.